The third-order valence-electron chi connectivity index (χ3n) is 16.2. The van der Waals surface area contributed by atoms with E-state index in [1.165, 1.54) is 12.8 Å². The Kier molecular flexibility index (Phi) is 18.3. The predicted molar refractivity (Wildman–Crippen MR) is 298 cm³/mol. The van der Waals surface area contributed by atoms with Gasteiger partial charge < -0.3 is 35.6 Å². The quantitative estimate of drug-likeness (QED) is 0.0737. The molecule has 6 aromatic rings. The molecule has 2 aromatic carbocycles. The first kappa shape index (κ1) is 54.7. The van der Waals surface area contributed by atoms with Gasteiger partial charge >= 0.3 is 12.0 Å². The van der Waals surface area contributed by atoms with Gasteiger partial charge in [-0.25, -0.2) is 0 Å². The van der Waals surface area contributed by atoms with Gasteiger partial charge in [0.25, 0.3) is 0 Å². The van der Waals surface area contributed by atoms with Crippen LogP contribution in [-0.2, 0) is 35.5 Å². The van der Waals surface area contributed by atoms with Crippen molar-refractivity contribution in [1.82, 2.24) is 49.0 Å². The first-order valence-corrected chi connectivity index (χ1v) is 28.4. The zero-order chi connectivity index (χ0) is 53.3. The average Bonchev–Trinajstić information content (AvgIpc) is 4.06. The molecule has 0 radical (unpaired) electrons. The molecule has 6 heterocycles. The zero-order valence-corrected chi connectivity index (χ0v) is 46.2. The lowest BCUT2D eigenvalue weighted by Crippen LogP contribution is -2.36. The molecule has 2 saturated carbocycles. The van der Waals surface area contributed by atoms with Gasteiger partial charge in [0.1, 0.15) is 23.8 Å². The molecule has 0 amide bonds. The lowest BCUT2D eigenvalue weighted by molar-refractivity contribution is -0.124. The van der Waals surface area contributed by atoms with Crippen LogP contribution in [0.1, 0.15) is 157 Å². The molecule has 17 heteroatoms. The smallest absolute Gasteiger partial charge is 0.322 e. The lowest BCUT2D eigenvalue weighted by atomic mass is 9.79. The molecule has 0 bridgehead atoms. The summed E-state index contributed by atoms with van der Waals surface area (Å²) in [5.74, 6) is 3.61. The van der Waals surface area contributed by atoms with Crippen LogP contribution in [0.4, 0.5) is 11.9 Å². The van der Waals surface area contributed by atoms with Crippen LogP contribution in [0.25, 0.3) is 11.3 Å². The van der Waals surface area contributed by atoms with Gasteiger partial charge in [0.05, 0.1) is 12.4 Å². The Morgan fingerprint density at radius 2 is 0.974 bits per heavy atom. The number of rotatable bonds is 18. The minimum absolute atomic E-state index is 0.112. The maximum Gasteiger partial charge on any atom is 0.322 e. The van der Waals surface area contributed by atoms with Gasteiger partial charge in [-0.15, -0.1) is 0 Å². The van der Waals surface area contributed by atoms with Crippen LogP contribution in [-0.4, -0.2) is 119 Å². The summed E-state index contributed by atoms with van der Waals surface area (Å²) in [7, 11) is 4.28. The molecule has 4 fully saturated rings. The molecule has 0 atom stereocenters. The predicted octanol–water partition coefficient (Wildman–Crippen LogP) is 9.23. The fraction of sp³-hybridized carbons (Fsp3) is 0.593. The van der Waals surface area contributed by atoms with Crippen molar-refractivity contribution in [3.05, 3.63) is 94.3 Å². The summed E-state index contributed by atoms with van der Waals surface area (Å²) in [5.41, 5.74) is 14.0. The van der Waals surface area contributed by atoms with E-state index >= 15 is 0 Å². The van der Waals surface area contributed by atoms with Gasteiger partial charge in [0.2, 0.25) is 11.9 Å². The van der Waals surface area contributed by atoms with Gasteiger partial charge in [-0.05, 0) is 118 Å². The summed E-state index contributed by atoms with van der Waals surface area (Å²) in [4.78, 5) is 49.4. The Morgan fingerprint density at radius 3 is 1.38 bits per heavy atom. The number of benzene rings is 2. The topological polar surface area (TPSA) is 195 Å². The van der Waals surface area contributed by atoms with Crippen LogP contribution in [0.3, 0.4) is 0 Å². The minimum Gasteiger partial charge on any atom is -0.460 e. The van der Waals surface area contributed by atoms with Crippen molar-refractivity contribution in [2.24, 2.45) is 23.5 Å². The molecule has 10 rings (SSSR count). The highest BCUT2D eigenvalue weighted by Crippen LogP contribution is 2.31. The Balaban J connectivity index is 0.000000186. The van der Waals surface area contributed by atoms with Crippen LogP contribution in [0, 0.1) is 17.8 Å². The van der Waals surface area contributed by atoms with E-state index in [1.54, 1.807) is 9.03 Å². The molecule has 2 aliphatic heterocycles. The molecule has 4 aromatic heterocycles. The van der Waals surface area contributed by atoms with E-state index in [1.807, 2.05) is 30.6 Å². The largest absolute Gasteiger partial charge is 0.460 e. The number of aromatic nitrogens is 8. The average molecular weight is 1040 g/mol. The van der Waals surface area contributed by atoms with Gasteiger partial charge in [-0.3, -0.25) is 9.59 Å². The van der Waals surface area contributed by atoms with Crippen molar-refractivity contribution in [3.63, 3.8) is 0 Å². The zero-order valence-electron chi connectivity index (χ0n) is 46.2. The van der Waals surface area contributed by atoms with Gasteiger partial charge in [0, 0.05) is 81.1 Å². The number of piperidine rings is 2. The maximum absolute atomic E-state index is 12.9. The molecule has 17 nitrogen and oxygen atoms in total. The number of Topliss-reactive ketones (excluding diaryl/α,β-unsaturated/α-hetero) is 2. The van der Waals surface area contributed by atoms with Crippen molar-refractivity contribution >= 4 is 34.8 Å². The molecule has 4 aliphatic rings. The number of ether oxygens (including phenoxy) is 2. The highest BCUT2D eigenvalue weighted by Gasteiger charge is 2.27. The summed E-state index contributed by atoms with van der Waals surface area (Å²) in [6.45, 7) is 16.0. The number of hydrogen-bond acceptors (Lipinski definition) is 15. The Morgan fingerprint density at radius 1 is 0.579 bits per heavy atom. The second kappa shape index (κ2) is 25.4. The van der Waals surface area contributed by atoms with Crippen LogP contribution in [0.15, 0.2) is 60.9 Å². The molecule has 408 valence electrons. The van der Waals surface area contributed by atoms with Crippen molar-refractivity contribution < 1.29 is 19.1 Å². The van der Waals surface area contributed by atoms with Gasteiger partial charge in [0.15, 0.2) is 11.3 Å². The molecule has 0 unspecified atom stereocenters. The molecule has 0 spiro atoms. The van der Waals surface area contributed by atoms with Crippen LogP contribution >= 0.6 is 0 Å². The fourth-order valence-corrected chi connectivity index (χ4v) is 11.2. The summed E-state index contributed by atoms with van der Waals surface area (Å²) in [6.07, 6.45) is 16.9. The first-order valence-electron chi connectivity index (χ1n) is 28.4. The fourth-order valence-electron chi connectivity index (χ4n) is 11.2. The minimum atomic E-state index is 0.112. The number of hydrogen-bond donors (Lipinski definition) is 3. The second-order valence-electron chi connectivity index (χ2n) is 23.1. The number of fused-ring (bicyclic) bond motifs is 2. The number of nitrogens with two attached hydrogens (primary N) is 1. The van der Waals surface area contributed by atoms with Crippen molar-refractivity contribution in [1.29, 1.82) is 0 Å². The number of nitrogens with one attached hydrogen (secondary N) is 2. The van der Waals surface area contributed by atoms with Crippen LogP contribution in [0.2, 0.25) is 0 Å². The number of anilines is 2. The molecular formula is C59H83N13O4. The summed E-state index contributed by atoms with van der Waals surface area (Å²) >= 11 is 0. The monoisotopic (exact) mass is 1040 g/mol. The van der Waals surface area contributed by atoms with Crippen molar-refractivity contribution in [2.75, 3.05) is 50.9 Å². The third-order valence-corrected chi connectivity index (χ3v) is 16.2. The third kappa shape index (κ3) is 14.3. The number of carbonyl (C=O) groups excluding carboxylic acids is 2. The highest BCUT2D eigenvalue weighted by molar-refractivity contribution is 5.84. The van der Waals surface area contributed by atoms with E-state index in [2.05, 4.69) is 110 Å². The molecule has 4 N–H and O–H groups in total. The number of ketones is 2. The summed E-state index contributed by atoms with van der Waals surface area (Å²) < 4.78 is 16.1. The van der Waals surface area contributed by atoms with Gasteiger partial charge in [-0.2, -0.15) is 39.2 Å². The first-order chi connectivity index (χ1) is 36.7. The number of nitrogens with zero attached hydrogens (tertiary/aromatic N) is 10. The molecule has 2 aliphatic carbocycles. The Bertz CT molecular complexity index is 2670. The van der Waals surface area contributed by atoms with Crippen LogP contribution in [0.5, 0.6) is 12.0 Å². The molecule has 2 saturated heterocycles. The SMILES string of the molecule is CC(C)c1cnn2c(NCc3cccc(CC(=O)C4CCC(N)CC4)c3)nc(OC3CCN(C)CC3)nc12.CC1CCC(C(=O)Cc2cccc(CNc3nc(OC4CCN(C)CC4)nc4c(C(C)C)cnn34)c2)CC1. The molecular weight excluding hydrogens is 955 g/mol. The normalized spacial score (nSPS) is 21.2. The van der Waals surface area contributed by atoms with Crippen molar-refractivity contribution in [3.8, 4) is 12.0 Å². The number of likely N-dealkylation sites (tertiary alicyclic amines) is 2. The molecule has 76 heavy (non-hydrogen) atoms. The summed E-state index contributed by atoms with van der Waals surface area (Å²) in [6, 6.07) is 17.6. The number of carbonyl (C=O) groups is 2. The van der Waals surface area contributed by atoms with Crippen molar-refractivity contribution in [2.45, 2.75) is 168 Å². The second-order valence-corrected chi connectivity index (χ2v) is 23.1. The van der Waals surface area contributed by atoms with E-state index in [4.69, 9.17) is 35.1 Å². The summed E-state index contributed by atoms with van der Waals surface area (Å²) in [5, 5.41) is 16.1. The Hall–Kier alpha value is -6.04. The van der Waals surface area contributed by atoms with E-state index in [0.29, 0.717) is 61.4 Å². The van der Waals surface area contributed by atoms with E-state index in [9.17, 15) is 9.59 Å². The highest BCUT2D eigenvalue weighted by atomic mass is 16.5. The van der Waals surface area contributed by atoms with E-state index in [-0.39, 0.29) is 41.9 Å². The van der Waals surface area contributed by atoms with E-state index in [0.717, 1.165) is 141 Å². The standard InChI is InChI=1S/C30H42N6O2.C29H41N7O2/c1-20(2)26-19-32-36-28(26)33-30(38-25-12-14-35(4)15-13-25)34-29(36)31-18-23-7-5-6-22(16-23)17-27(37)24-10-8-21(3)9-11-24;1-19(2)25-18-32-36-27(25)33-29(38-24-11-13-35(3)14-12-24)34-28(36)31-17-21-6-4-5-20(15-21)16-26(37)22-7-9-23(30)10-8-22/h5-7,16,19-21,24-25H,8-15,17-18H2,1-4H3,(H,31,33,34);4-6,15,18-19,22-24H,7-14,16-17,30H2,1-3H3,(H,31,33,34). The lowest BCUT2D eigenvalue weighted by Gasteiger charge is -2.28. The van der Waals surface area contributed by atoms with Crippen LogP contribution < -0.4 is 25.8 Å². The Labute approximate surface area is 449 Å². The maximum atomic E-state index is 12.9. The van der Waals surface area contributed by atoms with Gasteiger partial charge in [-0.1, -0.05) is 96.0 Å². The van der Waals surface area contributed by atoms with E-state index < -0.39 is 0 Å².